The average molecular weight is 457 g/mol. The number of carbonyl (C=O) groups excluding carboxylic acids is 1. The zero-order valence-corrected chi connectivity index (χ0v) is 22.3. The van der Waals surface area contributed by atoms with E-state index >= 15 is 0 Å². The maximum Gasteiger partial charge on any atom is 0.312 e. The van der Waals surface area contributed by atoms with Gasteiger partial charge in [0.25, 0.3) is 0 Å². The van der Waals surface area contributed by atoms with Crippen molar-refractivity contribution in [2.24, 2.45) is 50.7 Å². The molecule has 0 aromatic heterocycles. The molecule has 5 rings (SSSR count). The van der Waals surface area contributed by atoms with Crippen molar-refractivity contribution in [2.75, 3.05) is 7.11 Å². The van der Waals surface area contributed by atoms with Crippen molar-refractivity contribution in [1.82, 2.24) is 0 Å². The van der Waals surface area contributed by atoms with Gasteiger partial charge in [-0.05, 0) is 110 Å². The summed E-state index contributed by atoms with van der Waals surface area (Å²) in [5, 5.41) is 10.9. The summed E-state index contributed by atoms with van der Waals surface area (Å²) in [5.41, 5.74) is 2.20. The molecule has 3 heteroatoms. The van der Waals surface area contributed by atoms with Crippen molar-refractivity contribution in [3.8, 4) is 0 Å². The highest BCUT2D eigenvalue weighted by atomic mass is 16.5. The highest BCUT2D eigenvalue weighted by Gasteiger charge is 2.65. The largest absolute Gasteiger partial charge is 0.469 e. The van der Waals surface area contributed by atoms with E-state index in [0.717, 1.165) is 51.4 Å². The van der Waals surface area contributed by atoms with Gasteiger partial charge in [0.15, 0.2) is 0 Å². The molecule has 0 saturated heterocycles. The van der Waals surface area contributed by atoms with E-state index in [2.05, 4.69) is 47.6 Å². The van der Waals surface area contributed by atoms with Crippen molar-refractivity contribution >= 4 is 5.97 Å². The average Bonchev–Trinajstić information content (AvgIpc) is 2.75. The maximum atomic E-state index is 13.2. The standard InChI is InChI=1S/C30H48O3/c1-26(2)16-17-30(25(32)33-7)15-10-20-19(21(30)18-26)8-9-23-28(20,5)13-11-22-27(3,4)24(31)12-14-29(22,23)6/h8,20-24,31H,9-18H2,1-7H3. The number of methoxy groups -OCH3 is 1. The molecule has 1 N–H and O–H groups in total. The summed E-state index contributed by atoms with van der Waals surface area (Å²) in [5.74, 6) is 2.26. The fourth-order valence-electron chi connectivity index (χ4n) is 10.5. The van der Waals surface area contributed by atoms with E-state index in [9.17, 15) is 9.90 Å². The van der Waals surface area contributed by atoms with Crippen LogP contribution in [0.1, 0.15) is 106 Å². The minimum atomic E-state index is -0.298. The minimum Gasteiger partial charge on any atom is -0.469 e. The van der Waals surface area contributed by atoms with Crippen LogP contribution in [0.2, 0.25) is 0 Å². The Morgan fingerprint density at radius 2 is 1.58 bits per heavy atom. The molecular weight excluding hydrogens is 408 g/mol. The third-order valence-electron chi connectivity index (χ3n) is 12.4. The Morgan fingerprint density at radius 1 is 0.879 bits per heavy atom. The number of ether oxygens (including phenoxy) is 1. The molecule has 186 valence electrons. The molecule has 0 aromatic carbocycles. The monoisotopic (exact) mass is 456 g/mol. The van der Waals surface area contributed by atoms with Gasteiger partial charge >= 0.3 is 5.97 Å². The molecule has 8 atom stereocenters. The third kappa shape index (κ3) is 3.12. The van der Waals surface area contributed by atoms with Crippen LogP contribution < -0.4 is 0 Å². The molecule has 0 aromatic rings. The van der Waals surface area contributed by atoms with Crippen LogP contribution in [-0.2, 0) is 9.53 Å². The zero-order chi connectivity index (χ0) is 24.0. The fourth-order valence-corrected chi connectivity index (χ4v) is 10.5. The highest BCUT2D eigenvalue weighted by Crippen LogP contribution is 2.72. The van der Waals surface area contributed by atoms with E-state index < -0.39 is 0 Å². The molecule has 33 heavy (non-hydrogen) atoms. The Morgan fingerprint density at radius 3 is 2.27 bits per heavy atom. The molecule has 5 aliphatic rings. The van der Waals surface area contributed by atoms with E-state index in [1.54, 1.807) is 12.7 Å². The van der Waals surface area contributed by atoms with Gasteiger partial charge in [-0.15, -0.1) is 0 Å². The fraction of sp³-hybridized carbons (Fsp3) is 0.900. The molecule has 3 nitrogen and oxygen atoms in total. The van der Waals surface area contributed by atoms with Crippen LogP contribution in [0.15, 0.2) is 11.6 Å². The molecule has 4 fully saturated rings. The van der Waals surface area contributed by atoms with Gasteiger partial charge in [-0.1, -0.05) is 53.2 Å². The van der Waals surface area contributed by atoms with Gasteiger partial charge in [-0.2, -0.15) is 0 Å². The topological polar surface area (TPSA) is 46.5 Å². The lowest BCUT2D eigenvalue weighted by Crippen LogP contribution is -2.62. The summed E-state index contributed by atoms with van der Waals surface area (Å²) in [6.07, 6.45) is 13.5. The number of fused-ring (bicyclic) bond motifs is 7. The Balaban J connectivity index is 1.55. The number of aliphatic hydroxyl groups is 1. The highest BCUT2D eigenvalue weighted by molar-refractivity contribution is 5.78. The van der Waals surface area contributed by atoms with Gasteiger partial charge in [0, 0.05) is 0 Å². The number of hydrogen-bond acceptors (Lipinski definition) is 3. The molecule has 5 aliphatic carbocycles. The Labute approximate surface area is 202 Å². The molecule has 0 radical (unpaired) electrons. The first-order valence-electron chi connectivity index (χ1n) is 13.8. The van der Waals surface area contributed by atoms with Crippen molar-refractivity contribution < 1.29 is 14.6 Å². The third-order valence-corrected chi connectivity index (χ3v) is 12.4. The Hall–Kier alpha value is -0.830. The van der Waals surface area contributed by atoms with Gasteiger partial charge in [0.05, 0.1) is 18.6 Å². The van der Waals surface area contributed by atoms with Crippen LogP contribution in [0.5, 0.6) is 0 Å². The summed E-state index contributed by atoms with van der Waals surface area (Å²) >= 11 is 0. The van der Waals surface area contributed by atoms with Crippen LogP contribution in [0.4, 0.5) is 0 Å². The van der Waals surface area contributed by atoms with Gasteiger partial charge in [0.2, 0.25) is 0 Å². The summed E-state index contributed by atoms with van der Waals surface area (Å²) in [6.45, 7) is 14.6. The number of aliphatic hydroxyl groups excluding tert-OH is 1. The predicted octanol–water partition coefficient (Wildman–Crippen LogP) is 6.93. The lowest BCUT2D eigenvalue weighted by Gasteiger charge is -2.68. The lowest BCUT2D eigenvalue weighted by molar-refractivity contribution is -0.189. The SMILES string of the molecule is COC(=O)C12CCC3C(=CCC4C3(C)CCC3C(C)(C)C(O)CCC34C)C1CC(C)(C)CC2. The van der Waals surface area contributed by atoms with Crippen molar-refractivity contribution in [3.05, 3.63) is 11.6 Å². The normalized spacial score (nSPS) is 50.1. The number of esters is 1. The van der Waals surface area contributed by atoms with E-state index in [0.29, 0.717) is 34.5 Å². The van der Waals surface area contributed by atoms with Crippen LogP contribution in [-0.4, -0.2) is 24.3 Å². The van der Waals surface area contributed by atoms with Gasteiger partial charge in [-0.25, -0.2) is 0 Å². The van der Waals surface area contributed by atoms with Crippen molar-refractivity contribution in [1.29, 1.82) is 0 Å². The lowest BCUT2D eigenvalue weighted by atomic mass is 9.37. The second kappa shape index (κ2) is 7.34. The first kappa shape index (κ1) is 23.9. The molecule has 0 bridgehead atoms. The second-order valence-corrected chi connectivity index (χ2v) is 14.6. The predicted molar refractivity (Wildman–Crippen MR) is 132 cm³/mol. The Kier molecular flexibility index (Phi) is 5.31. The van der Waals surface area contributed by atoms with Gasteiger partial charge in [-0.3, -0.25) is 4.79 Å². The number of allylic oxidation sites excluding steroid dienone is 2. The molecule has 0 heterocycles. The molecular formula is C30H48O3. The first-order chi connectivity index (χ1) is 15.3. The molecule has 0 aliphatic heterocycles. The number of carbonyl (C=O) groups is 1. The first-order valence-corrected chi connectivity index (χ1v) is 13.8. The van der Waals surface area contributed by atoms with E-state index in [1.165, 1.54) is 12.8 Å². The van der Waals surface area contributed by atoms with Crippen molar-refractivity contribution in [3.63, 3.8) is 0 Å². The minimum absolute atomic E-state index is 0.00167. The zero-order valence-electron chi connectivity index (χ0n) is 22.3. The summed E-state index contributed by atoms with van der Waals surface area (Å²) in [7, 11) is 1.59. The smallest absolute Gasteiger partial charge is 0.312 e. The van der Waals surface area contributed by atoms with Crippen LogP contribution in [0.3, 0.4) is 0 Å². The van der Waals surface area contributed by atoms with E-state index in [-0.39, 0.29) is 28.3 Å². The summed E-state index contributed by atoms with van der Waals surface area (Å²) in [4.78, 5) is 13.2. The van der Waals surface area contributed by atoms with Crippen LogP contribution >= 0.6 is 0 Å². The number of hydrogen-bond donors (Lipinski definition) is 1. The second-order valence-electron chi connectivity index (χ2n) is 14.6. The van der Waals surface area contributed by atoms with Crippen molar-refractivity contribution in [2.45, 2.75) is 112 Å². The van der Waals surface area contributed by atoms with E-state index in [1.807, 2.05) is 0 Å². The van der Waals surface area contributed by atoms with E-state index in [4.69, 9.17) is 4.74 Å². The molecule has 0 spiro atoms. The van der Waals surface area contributed by atoms with Crippen LogP contribution in [0.25, 0.3) is 0 Å². The van der Waals surface area contributed by atoms with Crippen LogP contribution in [0, 0.1) is 50.7 Å². The Bertz CT molecular complexity index is 855. The maximum absolute atomic E-state index is 13.2. The van der Waals surface area contributed by atoms with Gasteiger partial charge in [0.1, 0.15) is 0 Å². The summed E-state index contributed by atoms with van der Waals surface area (Å²) < 4.78 is 5.46. The summed E-state index contributed by atoms with van der Waals surface area (Å²) in [6, 6.07) is 0. The molecule has 4 saturated carbocycles. The quantitative estimate of drug-likeness (QED) is 0.344. The molecule has 0 amide bonds. The molecule has 8 unspecified atom stereocenters. The van der Waals surface area contributed by atoms with Gasteiger partial charge < -0.3 is 9.84 Å². The number of rotatable bonds is 1.